The van der Waals surface area contributed by atoms with E-state index in [1.165, 1.54) is 5.69 Å². The van der Waals surface area contributed by atoms with Crippen LogP contribution in [-0.2, 0) is 0 Å². The summed E-state index contributed by atoms with van der Waals surface area (Å²) in [5, 5.41) is 9.24. The zero-order valence-electron chi connectivity index (χ0n) is 16.7. The van der Waals surface area contributed by atoms with Crippen LogP contribution < -0.4 is 9.80 Å². The quantitative estimate of drug-likeness (QED) is 0.510. The minimum atomic E-state index is 0.885. The lowest BCUT2D eigenvalue weighted by molar-refractivity contribution is 0.644. The number of pyridine rings is 1. The molecular formula is C25H23N5. The Morgan fingerprint density at radius 1 is 0.600 bits per heavy atom. The average Bonchev–Trinajstić information content (AvgIpc) is 2.85. The number of rotatable bonds is 4. The Balaban J connectivity index is 1.44. The van der Waals surface area contributed by atoms with E-state index in [9.17, 15) is 0 Å². The van der Waals surface area contributed by atoms with Crippen molar-refractivity contribution in [2.45, 2.75) is 0 Å². The molecule has 1 aliphatic heterocycles. The van der Waals surface area contributed by atoms with E-state index < -0.39 is 0 Å². The molecule has 5 rings (SSSR count). The summed E-state index contributed by atoms with van der Waals surface area (Å²) in [7, 11) is 0. The van der Waals surface area contributed by atoms with Crippen LogP contribution in [0.15, 0.2) is 91.3 Å². The fourth-order valence-electron chi connectivity index (χ4n) is 3.93. The van der Waals surface area contributed by atoms with Gasteiger partial charge in [0.15, 0.2) is 5.82 Å². The molecule has 2 aromatic heterocycles. The highest BCUT2D eigenvalue weighted by atomic mass is 15.3. The molecule has 2 aromatic carbocycles. The van der Waals surface area contributed by atoms with Crippen LogP contribution in [0.3, 0.4) is 0 Å². The summed E-state index contributed by atoms with van der Waals surface area (Å²) in [6, 6.07) is 27.1. The van der Waals surface area contributed by atoms with Crippen molar-refractivity contribution >= 4 is 11.5 Å². The van der Waals surface area contributed by atoms with Crippen LogP contribution >= 0.6 is 0 Å². The van der Waals surface area contributed by atoms with Gasteiger partial charge in [0.25, 0.3) is 0 Å². The van der Waals surface area contributed by atoms with Gasteiger partial charge < -0.3 is 9.80 Å². The lowest BCUT2D eigenvalue weighted by atomic mass is 10.0. The second kappa shape index (κ2) is 8.33. The normalized spacial score (nSPS) is 14.0. The first-order valence-electron chi connectivity index (χ1n) is 10.3. The number of hydrogen-bond acceptors (Lipinski definition) is 5. The van der Waals surface area contributed by atoms with Crippen LogP contribution in [0.4, 0.5) is 11.5 Å². The van der Waals surface area contributed by atoms with Crippen molar-refractivity contribution in [3.05, 3.63) is 91.3 Å². The van der Waals surface area contributed by atoms with Crippen molar-refractivity contribution in [2.24, 2.45) is 0 Å². The Hall–Kier alpha value is -3.73. The van der Waals surface area contributed by atoms with Crippen molar-refractivity contribution in [3.63, 3.8) is 0 Å². The van der Waals surface area contributed by atoms with Crippen molar-refractivity contribution in [2.75, 3.05) is 36.0 Å². The molecule has 3 heterocycles. The van der Waals surface area contributed by atoms with Gasteiger partial charge in [-0.15, -0.1) is 10.2 Å². The number of anilines is 2. The van der Waals surface area contributed by atoms with E-state index in [-0.39, 0.29) is 0 Å². The molecule has 1 fully saturated rings. The van der Waals surface area contributed by atoms with Crippen molar-refractivity contribution in [1.82, 2.24) is 15.2 Å². The maximum Gasteiger partial charge on any atom is 0.152 e. The third-order valence-electron chi connectivity index (χ3n) is 5.54. The summed E-state index contributed by atoms with van der Waals surface area (Å²) in [5.41, 5.74) is 5.42. The fourth-order valence-corrected chi connectivity index (χ4v) is 3.93. The molecule has 0 unspecified atom stereocenters. The Labute approximate surface area is 176 Å². The fraction of sp³-hybridized carbons (Fsp3) is 0.160. The third kappa shape index (κ3) is 3.74. The number of nitrogens with zero attached hydrogens (tertiary/aromatic N) is 5. The summed E-state index contributed by atoms with van der Waals surface area (Å²) in [4.78, 5) is 8.89. The monoisotopic (exact) mass is 393 g/mol. The minimum Gasteiger partial charge on any atom is -0.368 e. The van der Waals surface area contributed by atoms with E-state index in [2.05, 4.69) is 85.6 Å². The van der Waals surface area contributed by atoms with E-state index in [0.29, 0.717) is 0 Å². The summed E-state index contributed by atoms with van der Waals surface area (Å²) in [6.07, 6.45) is 3.59. The Morgan fingerprint density at radius 3 is 1.93 bits per heavy atom. The highest BCUT2D eigenvalue weighted by molar-refractivity contribution is 5.81. The van der Waals surface area contributed by atoms with Crippen LogP contribution in [0.2, 0.25) is 0 Å². The van der Waals surface area contributed by atoms with Crippen molar-refractivity contribution in [1.29, 1.82) is 0 Å². The summed E-state index contributed by atoms with van der Waals surface area (Å²) in [6.45, 7) is 3.79. The van der Waals surface area contributed by atoms with E-state index in [4.69, 9.17) is 0 Å². The van der Waals surface area contributed by atoms with Gasteiger partial charge in [-0.2, -0.15) is 0 Å². The van der Waals surface area contributed by atoms with Gasteiger partial charge >= 0.3 is 0 Å². The van der Waals surface area contributed by atoms with E-state index in [0.717, 1.165) is 54.4 Å². The molecular weight excluding hydrogens is 370 g/mol. The summed E-state index contributed by atoms with van der Waals surface area (Å²) >= 11 is 0. The van der Waals surface area contributed by atoms with Gasteiger partial charge in [-0.1, -0.05) is 48.5 Å². The summed E-state index contributed by atoms with van der Waals surface area (Å²) < 4.78 is 0. The molecule has 5 nitrogen and oxygen atoms in total. The van der Waals surface area contributed by atoms with E-state index >= 15 is 0 Å². The van der Waals surface area contributed by atoms with Crippen molar-refractivity contribution < 1.29 is 0 Å². The molecule has 1 aliphatic rings. The van der Waals surface area contributed by atoms with Crippen LogP contribution in [0.25, 0.3) is 22.4 Å². The molecule has 0 amide bonds. The lowest BCUT2D eigenvalue weighted by Crippen LogP contribution is -2.46. The van der Waals surface area contributed by atoms with Crippen molar-refractivity contribution in [3.8, 4) is 22.4 Å². The van der Waals surface area contributed by atoms with Crippen LogP contribution in [0.1, 0.15) is 0 Å². The van der Waals surface area contributed by atoms with Gasteiger partial charge in [0.2, 0.25) is 0 Å². The average molecular weight is 393 g/mol. The number of hydrogen-bond donors (Lipinski definition) is 0. The molecule has 1 saturated heterocycles. The predicted molar refractivity (Wildman–Crippen MR) is 122 cm³/mol. The van der Waals surface area contributed by atoms with Crippen LogP contribution in [-0.4, -0.2) is 41.4 Å². The third-order valence-corrected chi connectivity index (χ3v) is 5.54. The molecule has 5 heteroatoms. The Kier molecular flexibility index (Phi) is 5.08. The van der Waals surface area contributed by atoms with Gasteiger partial charge in [-0.25, -0.2) is 0 Å². The standard InChI is InChI=1S/C25H23N5/c1-3-7-20(8-4-1)23-19-24(27-28-25(23)21-11-13-26-14-12-21)30-17-15-29(16-18-30)22-9-5-2-6-10-22/h1-14,19H,15-18H2. The zero-order chi connectivity index (χ0) is 20.2. The second-order valence-corrected chi connectivity index (χ2v) is 7.38. The minimum absolute atomic E-state index is 0.885. The van der Waals surface area contributed by atoms with Gasteiger partial charge in [-0.3, -0.25) is 4.98 Å². The first kappa shape index (κ1) is 18.3. The molecule has 0 radical (unpaired) electrons. The van der Waals surface area contributed by atoms with Gasteiger partial charge in [-0.05, 0) is 35.9 Å². The molecule has 0 bridgehead atoms. The maximum absolute atomic E-state index is 4.64. The van der Waals surface area contributed by atoms with E-state index in [1.807, 2.05) is 18.2 Å². The topological polar surface area (TPSA) is 45.2 Å². The summed E-state index contributed by atoms with van der Waals surface area (Å²) in [5.74, 6) is 0.930. The highest BCUT2D eigenvalue weighted by Crippen LogP contribution is 2.32. The lowest BCUT2D eigenvalue weighted by Gasteiger charge is -2.36. The van der Waals surface area contributed by atoms with Crippen LogP contribution in [0, 0.1) is 0 Å². The molecule has 0 spiro atoms. The Bertz CT molecular complexity index is 1090. The molecule has 0 aliphatic carbocycles. The molecule has 30 heavy (non-hydrogen) atoms. The number of para-hydroxylation sites is 1. The highest BCUT2D eigenvalue weighted by Gasteiger charge is 2.20. The largest absolute Gasteiger partial charge is 0.368 e. The predicted octanol–water partition coefficient (Wildman–Crippen LogP) is 4.53. The van der Waals surface area contributed by atoms with Gasteiger partial charge in [0, 0.05) is 55.4 Å². The second-order valence-electron chi connectivity index (χ2n) is 7.38. The molecule has 148 valence electrons. The Morgan fingerprint density at radius 2 is 1.23 bits per heavy atom. The van der Waals surface area contributed by atoms with Gasteiger partial charge in [0.05, 0.1) is 0 Å². The van der Waals surface area contributed by atoms with E-state index in [1.54, 1.807) is 12.4 Å². The van der Waals surface area contributed by atoms with Crippen LogP contribution in [0.5, 0.6) is 0 Å². The first-order chi connectivity index (χ1) is 14.9. The van der Waals surface area contributed by atoms with Gasteiger partial charge in [0.1, 0.15) is 5.69 Å². The SMILES string of the molecule is c1ccc(-c2cc(N3CCN(c4ccccc4)CC3)nnc2-c2ccncc2)cc1. The molecule has 0 atom stereocenters. The maximum atomic E-state index is 4.64. The molecule has 0 saturated carbocycles. The number of aromatic nitrogens is 3. The molecule has 4 aromatic rings. The first-order valence-corrected chi connectivity index (χ1v) is 10.3. The number of benzene rings is 2. The number of piperazine rings is 1. The zero-order valence-corrected chi connectivity index (χ0v) is 16.7. The molecule has 0 N–H and O–H groups in total. The smallest absolute Gasteiger partial charge is 0.152 e.